The molecule has 0 N–H and O–H groups in total. The maximum absolute atomic E-state index is 14.8. The summed E-state index contributed by atoms with van der Waals surface area (Å²) >= 11 is 0. The third-order valence-electron chi connectivity index (χ3n) is 14.1. The van der Waals surface area contributed by atoms with Crippen molar-refractivity contribution in [1.29, 1.82) is 0 Å². The first-order valence-electron chi connectivity index (χ1n) is 20.4. The molecule has 2 amide bonds. The van der Waals surface area contributed by atoms with Crippen LogP contribution in [0.5, 0.6) is 5.75 Å². The van der Waals surface area contributed by atoms with Crippen molar-refractivity contribution in [1.82, 2.24) is 19.7 Å². The van der Waals surface area contributed by atoms with Crippen LogP contribution < -0.4 is 9.64 Å². The van der Waals surface area contributed by atoms with E-state index in [9.17, 15) is 18.0 Å². The van der Waals surface area contributed by atoms with Gasteiger partial charge in [0.25, 0.3) is 0 Å². The SMILES string of the molecule is COc1ccc(C23CCC(CN(c4cc(-c5cnn(C6(C)CCC6)c5)ccn4)C(=O)[C@H]4CC[C@H](OC(=O)N5CC(CS(C)(=O)=O)C5)CC4)(CC2)CC3)cc1C. The summed E-state index contributed by atoms with van der Waals surface area (Å²) in [6.07, 6.45) is 19.0. The Morgan fingerprint density at radius 2 is 1.65 bits per heavy atom. The summed E-state index contributed by atoms with van der Waals surface area (Å²) in [6.45, 7) is 5.85. The molecule has 2 aromatic heterocycles. The van der Waals surface area contributed by atoms with Crippen LogP contribution in [-0.4, -0.2) is 84.9 Å². The number of pyridine rings is 1. The van der Waals surface area contributed by atoms with E-state index in [1.165, 1.54) is 23.8 Å². The summed E-state index contributed by atoms with van der Waals surface area (Å²) in [6, 6.07) is 10.8. The number of benzene rings is 1. The Labute approximate surface area is 326 Å². The summed E-state index contributed by atoms with van der Waals surface area (Å²) in [5.74, 6) is 1.61. The van der Waals surface area contributed by atoms with E-state index in [1.807, 2.05) is 23.4 Å². The van der Waals surface area contributed by atoms with Crippen molar-refractivity contribution < 1.29 is 27.5 Å². The lowest BCUT2D eigenvalue weighted by molar-refractivity contribution is -0.124. The fourth-order valence-electron chi connectivity index (χ4n) is 10.3. The van der Waals surface area contributed by atoms with Gasteiger partial charge < -0.3 is 14.4 Å². The van der Waals surface area contributed by atoms with E-state index in [-0.39, 0.29) is 52.1 Å². The van der Waals surface area contributed by atoms with Crippen LogP contribution in [0.4, 0.5) is 10.6 Å². The molecule has 5 aliphatic carbocycles. The van der Waals surface area contributed by atoms with E-state index in [4.69, 9.17) is 19.6 Å². The number of sulfone groups is 1. The van der Waals surface area contributed by atoms with Crippen LogP contribution in [0.1, 0.15) is 102 Å². The van der Waals surface area contributed by atoms with Gasteiger partial charge in [-0.05, 0) is 143 Å². The second-order valence-electron chi connectivity index (χ2n) is 18.0. The Hall–Kier alpha value is -3.93. The van der Waals surface area contributed by atoms with Gasteiger partial charge in [-0.1, -0.05) is 12.1 Å². The Morgan fingerprint density at radius 3 is 2.27 bits per heavy atom. The highest BCUT2D eigenvalue weighted by atomic mass is 32.2. The van der Waals surface area contributed by atoms with Gasteiger partial charge in [-0.3, -0.25) is 14.4 Å². The molecule has 5 saturated carbocycles. The number of rotatable bonds is 11. The number of aromatic nitrogens is 3. The molecule has 1 aliphatic heterocycles. The lowest BCUT2D eigenvalue weighted by Gasteiger charge is -2.55. The first-order chi connectivity index (χ1) is 26.3. The minimum absolute atomic E-state index is 0.0270. The van der Waals surface area contributed by atoms with E-state index in [0.29, 0.717) is 51.1 Å². The van der Waals surface area contributed by atoms with Crippen molar-refractivity contribution in [3.05, 3.63) is 60.0 Å². The fourth-order valence-corrected chi connectivity index (χ4v) is 11.4. The van der Waals surface area contributed by atoms with Crippen LogP contribution in [0.25, 0.3) is 11.1 Å². The van der Waals surface area contributed by atoms with Gasteiger partial charge in [-0.15, -0.1) is 0 Å². The summed E-state index contributed by atoms with van der Waals surface area (Å²) in [7, 11) is -1.35. The molecule has 6 fully saturated rings. The highest BCUT2D eigenvalue weighted by Gasteiger charge is 2.51. The van der Waals surface area contributed by atoms with E-state index >= 15 is 0 Å². The number of carbonyl (C=O) groups excluding carboxylic acids is 2. The molecule has 0 unspecified atom stereocenters. The Bertz CT molecular complexity index is 2000. The summed E-state index contributed by atoms with van der Waals surface area (Å²) in [5.41, 5.74) is 4.90. The van der Waals surface area contributed by atoms with Crippen molar-refractivity contribution >= 4 is 27.7 Å². The fraction of sp³-hybridized carbons (Fsp3) is 0.628. The molecule has 3 aromatic rings. The second kappa shape index (κ2) is 14.5. The van der Waals surface area contributed by atoms with Gasteiger partial charge in [0, 0.05) is 55.7 Å². The van der Waals surface area contributed by atoms with E-state index in [1.54, 1.807) is 12.0 Å². The number of fused-ring (bicyclic) bond motifs is 3. The quantitative estimate of drug-likeness (QED) is 0.197. The van der Waals surface area contributed by atoms with Crippen LogP contribution in [0.2, 0.25) is 0 Å². The number of methoxy groups -OCH3 is 1. The van der Waals surface area contributed by atoms with Gasteiger partial charge in [0.15, 0.2) is 0 Å². The zero-order chi connectivity index (χ0) is 38.6. The first kappa shape index (κ1) is 38.0. The predicted octanol–water partition coefficient (Wildman–Crippen LogP) is 7.46. The zero-order valence-corrected chi connectivity index (χ0v) is 33.8. The van der Waals surface area contributed by atoms with Crippen LogP contribution in [-0.2, 0) is 30.3 Å². The maximum Gasteiger partial charge on any atom is 0.410 e. The predicted molar refractivity (Wildman–Crippen MR) is 212 cm³/mol. The van der Waals surface area contributed by atoms with Crippen molar-refractivity contribution in [2.75, 3.05) is 43.7 Å². The zero-order valence-electron chi connectivity index (χ0n) is 33.0. The van der Waals surface area contributed by atoms with Gasteiger partial charge >= 0.3 is 6.09 Å². The van der Waals surface area contributed by atoms with Gasteiger partial charge in [-0.2, -0.15) is 5.10 Å². The van der Waals surface area contributed by atoms with Gasteiger partial charge in [0.05, 0.1) is 24.6 Å². The minimum Gasteiger partial charge on any atom is -0.496 e. The lowest BCUT2D eigenvalue weighted by Crippen LogP contribution is -2.53. The number of likely N-dealkylation sites (tertiary alicyclic amines) is 1. The number of ether oxygens (including phenoxy) is 2. The molecular weight excluding hydrogens is 715 g/mol. The molecule has 0 radical (unpaired) electrons. The highest BCUT2D eigenvalue weighted by molar-refractivity contribution is 7.90. The third-order valence-corrected chi connectivity index (χ3v) is 15.2. The largest absolute Gasteiger partial charge is 0.496 e. The molecule has 11 nitrogen and oxygen atoms in total. The number of nitrogens with zero attached hydrogens (tertiary/aromatic N) is 5. The number of aryl methyl sites for hydroxylation is 1. The average Bonchev–Trinajstić information content (AvgIpc) is 3.66. The Kier molecular flexibility index (Phi) is 10.0. The normalized spacial score (nSPS) is 27.5. The maximum atomic E-state index is 14.8. The Balaban J connectivity index is 0.977. The van der Waals surface area contributed by atoms with E-state index in [0.717, 1.165) is 68.2 Å². The minimum atomic E-state index is -3.08. The number of amides is 2. The molecule has 1 aromatic carbocycles. The smallest absolute Gasteiger partial charge is 0.410 e. The average molecular weight is 772 g/mol. The van der Waals surface area contributed by atoms with Crippen LogP contribution in [0, 0.1) is 24.2 Å². The monoisotopic (exact) mass is 771 g/mol. The van der Waals surface area contributed by atoms with Gasteiger partial charge in [0.1, 0.15) is 27.5 Å². The summed E-state index contributed by atoms with van der Waals surface area (Å²) < 4.78 is 36.8. The molecule has 6 aliphatic rings. The molecule has 9 rings (SSSR count). The van der Waals surface area contributed by atoms with Crippen LogP contribution in [0.3, 0.4) is 0 Å². The molecule has 0 atom stereocenters. The Morgan fingerprint density at radius 1 is 0.945 bits per heavy atom. The van der Waals surface area contributed by atoms with Crippen molar-refractivity contribution in [2.45, 2.75) is 114 Å². The summed E-state index contributed by atoms with van der Waals surface area (Å²) in [5, 5.41) is 4.75. The van der Waals surface area contributed by atoms with Crippen molar-refractivity contribution in [2.24, 2.45) is 17.3 Å². The third kappa shape index (κ3) is 7.64. The number of hydrogen-bond donors (Lipinski definition) is 0. The number of hydrogen-bond acceptors (Lipinski definition) is 8. The molecular formula is C43H57N5O6S. The lowest BCUT2D eigenvalue weighted by atomic mass is 9.51. The van der Waals surface area contributed by atoms with Gasteiger partial charge in [0.2, 0.25) is 5.91 Å². The summed E-state index contributed by atoms with van der Waals surface area (Å²) in [4.78, 5) is 36.1. The van der Waals surface area contributed by atoms with Crippen LogP contribution in [0.15, 0.2) is 48.9 Å². The molecule has 0 spiro atoms. The number of carbonyl (C=O) groups is 2. The van der Waals surface area contributed by atoms with Crippen LogP contribution >= 0.6 is 0 Å². The second-order valence-corrected chi connectivity index (χ2v) is 20.2. The number of anilines is 1. The highest BCUT2D eigenvalue weighted by Crippen LogP contribution is 2.58. The first-order valence-corrected chi connectivity index (χ1v) is 22.4. The topological polar surface area (TPSA) is 124 Å². The van der Waals surface area contributed by atoms with E-state index in [2.05, 4.69) is 49.0 Å². The molecule has 2 bridgehead atoms. The standard InChI is InChI=1S/C43H57N5O6S/c1-30-22-35(8-11-37(30)53-3)43-18-15-42(16-19-43,17-20-43)29-47(38-23-33(12-21-44-38)34-24-45-48(27-34)41(2)13-5-14-41)39(49)32-6-9-36(10-7-32)54-40(50)46-25-31(26-46)28-55(4,51)52/h8,11-12,21-24,27,31-32,36H,5-7,9-10,13-20,25-26,28-29H2,1-4H3/t32-,36-,42?,43?. The molecule has 12 heteroatoms. The molecule has 55 heavy (non-hydrogen) atoms. The van der Waals surface area contributed by atoms with E-state index < -0.39 is 9.84 Å². The molecule has 3 heterocycles. The molecule has 296 valence electrons. The molecule has 1 saturated heterocycles. The van der Waals surface area contributed by atoms with Crippen molar-refractivity contribution in [3.8, 4) is 16.9 Å². The van der Waals surface area contributed by atoms with Crippen molar-refractivity contribution in [3.63, 3.8) is 0 Å². The van der Waals surface area contributed by atoms with Gasteiger partial charge in [-0.25, -0.2) is 18.2 Å².